The van der Waals surface area contributed by atoms with Crippen LogP contribution in [0.4, 0.5) is 5.69 Å². The third-order valence-corrected chi connectivity index (χ3v) is 6.51. The van der Waals surface area contributed by atoms with Crippen LogP contribution in [-0.2, 0) is 16.1 Å². The largest absolute Gasteiger partial charge is 0.496 e. The minimum atomic E-state index is -0.647. The van der Waals surface area contributed by atoms with Crippen molar-refractivity contribution in [3.8, 4) is 5.75 Å². The maximum Gasteiger partial charge on any atom is 0.270 e. The van der Waals surface area contributed by atoms with Crippen molar-refractivity contribution < 1.29 is 23.9 Å². The monoisotopic (exact) mass is 531 g/mol. The van der Waals surface area contributed by atoms with Gasteiger partial charge in [-0.2, -0.15) is 0 Å². The summed E-state index contributed by atoms with van der Waals surface area (Å²) in [6.45, 7) is -0.0502. The molecular formula is C27H18ClN3O5S. The lowest BCUT2D eigenvalue weighted by molar-refractivity contribution is -0.122. The van der Waals surface area contributed by atoms with Gasteiger partial charge in [0.15, 0.2) is 5.11 Å². The van der Waals surface area contributed by atoms with E-state index in [0.717, 1.165) is 4.90 Å². The van der Waals surface area contributed by atoms with Crippen molar-refractivity contribution in [3.63, 3.8) is 0 Å². The molecule has 5 rings (SSSR count). The van der Waals surface area contributed by atoms with Crippen LogP contribution in [0.5, 0.6) is 5.75 Å². The fourth-order valence-electron chi connectivity index (χ4n) is 4.24. The molecular weight excluding hydrogens is 514 g/mol. The highest BCUT2D eigenvalue weighted by molar-refractivity contribution is 7.80. The second-order valence-corrected chi connectivity index (χ2v) is 9.07. The maximum atomic E-state index is 13.3. The molecule has 1 fully saturated rings. The number of thiocarbonyl (C=S) groups is 1. The lowest BCUT2D eigenvalue weighted by Gasteiger charge is -2.29. The van der Waals surface area contributed by atoms with Crippen molar-refractivity contribution in [2.75, 3.05) is 12.0 Å². The normalized spacial score (nSPS) is 16.4. The van der Waals surface area contributed by atoms with E-state index in [-0.39, 0.29) is 17.2 Å². The van der Waals surface area contributed by atoms with Gasteiger partial charge in [0.25, 0.3) is 23.6 Å². The molecule has 2 aliphatic heterocycles. The number of hydrogen-bond donors (Lipinski definition) is 1. The zero-order valence-electron chi connectivity index (χ0n) is 19.4. The van der Waals surface area contributed by atoms with E-state index < -0.39 is 23.6 Å². The van der Waals surface area contributed by atoms with Crippen molar-refractivity contribution in [3.05, 3.63) is 99.6 Å². The summed E-state index contributed by atoms with van der Waals surface area (Å²) in [7, 11) is 1.47. The Balaban J connectivity index is 1.48. The summed E-state index contributed by atoms with van der Waals surface area (Å²) >= 11 is 11.3. The Morgan fingerprint density at radius 3 is 2.27 bits per heavy atom. The topological polar surface area (TPSA) is 96.0 Å². The van der Waals surface area contributed by atoms with Gasteiger partial charge in [-0.3, -0.25) is 34.3 Å². The fraction of sp³-hybridized carbons (Fsp3) is 0.0741. The Hall–Kier alpha value is -4.34. The van der Waals surface area contributed by atoms with E-state index in [1.54, 1.807) is 66.7 Å². The van der Waals surface area contributed by atoms with Gasteiger partial charge in [0.1, 0.15) is 11.3 Å². The van der Waals surface area contributed by atoms with E-state index in [1.165, 1.54) is 18.1 Å². The lowest BCUT2D eigenvalue weighted by Crippen LogP contribution is -2.54. The standard InChI is InChI=1S/C27H18ClN3O5S/c1-36-22-10-9-15(11-16(22)14-30-24(33)19-7-2-3-8-20(19)25(30)34)12-21-23(32)29-27(37)31(26(21)35)18-6-4-5-17(28)13-18/h2-13H,14H2,1H3,(H,29,32,37). The second kappa shape index (κ2) is 9.61. The molecule has 2 aliphatic rings. The average Bonchev–Trinajstić information content (AvgIpc) is 3.11. The lowest BCUT2D eigenvalue weighted by atomic mass is 10.0. The van der Waals surface area contributed by atoms with Crippen LogP contribution in [0.25, 0.3) is 6.08 Å². The van der Waals surface area contributed by atoms with Crippen LogP contribution in [-0.4, -0.2) is 40.8 Å². The number of carbonyl (C=O) groups is 4. The number of carbonyl (C=O) groups excluding carboxylic acids is 4. The molecule has 0 aromatic heterocycles. The molecule has 184 valence electrons. The maximum absolute atomic E-state index is 13.3. The molecule has 37 heavy (non-hydrogen) atoms. The van der Waals surface area contributed by atoms with Gasteiger partial charge in [0, 0.05) is 10.6 Å². The van der Waals surface area contributed by atoms with Crippen LogP contribution in [0.15, 0.2) is 72.3 Å². The van der Waals surface area contributed by atoms with Gasteiger partial charge in [0.2, 0.25) is 0 Å². The van der Waals surface area contributed by atoms with Crippen LogP contribution in [0.2, 0.25) is 5.02 Å². The summed E-state index contributed by atoms with van der Waals surface area (Å²) in [4.78, 5) is 54.0. The molecule has 0 spiro atoms. The highest BCUT2D eigenvalue weighted by Crippen LogP contribution is 2.29. The molecule has 4 amide bonds. The Bertz CT molecular complexity index is 1520. The van der Waals surface area contributed by atoms with Gasteiger partial charge in [-0.25, -0.2) is 0 Å². The number of imide groups is 1. The van der Waals surface area contributed by atoms with Crippen molar-refractivity contribution in [2.45, 2.75) is 6.54 Å². The quantitative estimate of drug-likeness (QED) is 0.232. The highest BCUT2D eigenvalue weighted by Gasteiger charge is 2.36. The number of anilines is 1. The molecule has 1 saturated heterocycles. The first-order valence-corrected chi connectivity index (χ1v) is 11.9. The average molecular weight is 532 g/mol. The zero-order valence-corrected chi connectivity index (χ0v) is 20.9. The SMILES string of the molecule is COc1ccc(C=C2C(=O)NC(=S)N(c3cccc(Cl)c3)C2=O)cc1CN1C(=O)c2ccccc2C1=O. The van der Waals surface area contributed by atoms with E-state index in [1.807, 2.05) is 0 Å². The number of rotatable bonds is 5. The number of amides is 4. The van der Waals surface area contributed by atoms with Crippen LogP contribution >= 0.6 is 23.8 Å². The van der Waals surface area contributed by atoms with Crippen molar-refractivity contribution in [1.29, 1.82) is 0 Å². The summed E-state index contributed by atoms with van der Waals surface area (Å²) in [5.41, 5.74) is 1.96. The molecule has 3 aromatic rings. The zero-order chi connectivity index (χ0) is 26.3. The first-order valence-electron chi connectivity index (χ1n) is 11.1. The molecule has 8 nitrogen and oxygen atoms in total. The molecule has 2 heterocycles. The van der Waals surface area contributed by atoms with Gasteiger partial charge in [-0.15, -0.1) is 0 Å². The molecule has 10 heteroatoms. The highest BCUT2D eigenvalue weighted by atomic mass is 35.5. The smallest absolute Gasteiger partial charge is 0.270 e. The molecule has 3 aromatic carbocycles. The van der Waals surface area contributed by atoms with Gasteiger partial charge in [-0.1, -0.05) is 35.9 Å². The van der Waals surface area contributed by atoms with Gasteiger partial charge < -0.3 is 4.74 Å². The van der Waals surface area contributed by atoms with Crippen molar-refractivity contribution >= 4 is 64.3 Å². The van der Waals surface area contributed by atoms with Crippen LogP contribution in [0, 0.1) is 0 Å². The minimum absolute atomic E-state index is 0.0502. The number of halogens is 1. The summed E-state index contributed by atoms with van der Waals surface area (Å²) in [6.07, 6.45) is 1.42. The summed E-state index contributed by atoms with van der Waals surface area (Å²) in [5.74, 6) is -1.63. The Labute approximate surface area is 222 Å². The molecule has 0 bridgehead atoms. The van der Waals surface area contributed by atoms with Gasteiger partial charge in [0.05, 0.1) is 30.5 Å². The van der Waals surface area contributed by atoms with E-state index in [9.17, 15) is 19.2 Å². The van der Waals surface area contributed by atoms with Crippen LogP contribution < -0.4 is 15.0 Å². The van der Waals surface area contributed by atoms with Crippen LogP contribution in [0.3, 0.4) is 0 Å². The minimum Gasteiger partial charge on any atom is -0.496 e. The molecule has 0 radical (unpaired) electrons. The van der Waals surface area contributed by atoms with Gasteiger partial charge in [-0.05, 0) is 66.3 Å². The molecule has 0 saturated carbocycles. The molecule has 1 N–H and O–H groups in total. The summed E-state index contributed by atoms with van der Waals surface area (Å²) in [5, 5.41) is 2.88. The van der Waals surface area contributed by atoms with Gasteiger partial charge >= 0.3 is 0 Å². The predicted molar refractivity (Wildman–Crippen MR) is 141 cm³/mol. The number of nitrogens with one attached hydrogen (secondary N) is 1. The first kappa shape index (κ1) is 24.4. The summed E-state index contributed by atoms with van der Waals surface area (Å²) < 4.78 is 5.44. The van der Waals surface area contributed by atoms with Crippen molar-refractivity contribution in [1.82, 2.24) is 10.2 Å². The Kier molecular flexibility index (Phi) is 6.32. The number of nitrogens with zero attached hydrogens (tertiary/aromatic N) is 2. The number of hydrogen-bond acceptors (Lipinski definition) is 6. The fourth-order valence-corrected chi connectivity index (χ4v) is 4.70. The number of methoxy groups -OCH3 is 1. The van der Waals surface area contributed by atoms with E-state index in [4.69, 9.17) is 28.6 Å². The summed E-state index contributed by atoms with van der Waals surface area (Å²) in [6, 6.07) is 18.1. The van der Waals surface area contributed by atoms with E-state index in [2.05, 4.69) is 5.32 Å². The van der Waals surface area contributed by atoms with E-state index >= 15 is 0 Å². The van der Waals surface area contributed by atoms with E-state index in [0.29, 0.717) is 38.7 Å². The first-order chi connectivity index (χ1) is 17.8. The Morgan fingerprint density at radius 2 is 1.62 bits per heavy atom. The molecule has 0 aliphatic carbocycles. The number of ether oxygens (including phenoxy) is 1. The van der Waals surface area contributed by atoms with Crippen molar-refractivity contribution in [2.24, 2.45) is 0 Å². The third kappa shape index (κ3) is 4.39. The van der Waals surface area contributed by atoms with Crippen LogP contribution in [0.1, 0.15) is 31.8 Å². The Morgan fingerprint density at radius 1 is 0.919 bits per heavy atom. The number of fused-ring (bicyclic) bond motifs is 1. The third-order valence-electron chi connectivity index (χ3n) is 5.99. The molecule has 0 atom stereocenters. The predicted octanol–water partition coefficient (Wildman–Crippen LogP) is 3.98. The second-order valence-electron chi connectivity index (χ2n) is 8.25. The molecule has 0 unspecified atom stereocenters. The number of benzene rings is 3.